The first-order valence-corrected chi connectivity index (χ1v) is 8.75. The second-order valence-corrected chi connectivity index (χ2v) is 7.81. The quantitative estimate of drug-likeness (QED) is 0.780. The summed E-state index contributed by atoms with van der Waals surface area (Å²) in [6.07, 6.45) is 6.00. The molecule has 0 saturated heterocycles. The minimum Gasteiger partial charge on any atom is -0.492 e. The maximum atomic E-state index is 12.4. The van der Waals surface area contributed by atoms with E-state index in [0.29, 0.717) is 35.0 Å². The highest BCUT2D eigenvalue weighted by atomic mass is 16.5. The van der Waals surface area contributed by atoms with Gasteiger partial charge in [0.15, 0.2) is 5.75 Å². The molecule has 3 aliphatic rings. The number of hydrogen-bond donors (Lipinski definition) is 2. The maximum absolute atomic E-state index is 12.4. The van der Waals surface area contributed by atoms with Crippen LogP contribution in [0.25, 0.3) is 0 Å². The molecule has 0 amide bonds. The number of ketones is 1. The fourth-order valence-electron chi connectivity index (χ4n) is 5.76. The summed E-state index contributed by atoms with van der Waals surface area (Å²) in [6, 6.07) is 2.08. The second-order valence-electron chi connectivity index (χ2n) is 7.81. The van der Waals surface area contributed by atoms with E-state index in [1.807, 2.05) is 0 Å². The van der Waals surface area contributed by atoms with Crippen LogP contribution in [-0.4, -0.2) is 12.9 Å². The van der Waals surface area contributed by atoms with Crippen molar-refractivity contribution >= 4 is 17.2 Å². The Kier molecular flexibility index (Phi) is 3.16. The van der Waals surface area contributed by atoms with Crippen LogP contribution < -0.4 is 16.2 Å². The van der Waals surface area contributed by atoms with Crippen LogP contribution in [0.4, 0.5) is 11.4 Å². The molecule has 0 bridgehead atoms. The smallest absolute Gasteiger partial charge is 0.164 e. The zero-order valence-electron chi connectivity index (χ0n) is 14.0. The van der Waals surface area contributed by atoms with Gasteiger partial charge >= 0.3 is 0 Å². The molecule has 0 spiro atoms. The minimum absolute atomic E-state index is 0.0811. The number of benzene rings is 1. The molecular weight excluding hydrogens is 288 g/mol. The number of hydrogen-bond acceptors (Lipinski definition) is 4. The van der Waals surface area contributed by atoms with Gasteiger partial charge in [-0.3, -0.25) is 4.79 Å². The maximum Gasteiger partial charge on any atom is 0.164 e. The molecule has 0 aliphatic heterocycles. The van der Waals surface area contributed by atoms with Gasteiger partial charge in [-0.25, -0.2) is 0 Å². The third kappa shape index (κ3) is 1.87. The van der Waals surface area contributed by atoms with Crippen molar-refractivity contribution in [2.75, 3.05) is 18.6 Å². The van der Waals surface area contributed by atoms with Gasteiger partial charge in [0.1, 0.15) is 5.78 Å². The summed E-state index contributed by atoms with van der Waals surface area (Å²) < 4.78 is 5.38. The Labute approximate surface area is 137 Å². The van der Waals surface area contributed by atoms with Crippen LogP contribution in [-0.2, 0) is 11.2 Å². The number of methoxy groups -OCH3 is 1. The largest absolute Gasteiger partial charge is 0.492 e. The first-order chi connectivity index (χ1) is 11.0. The second kappa shape index (κ2) is 4.89. The molecule has 0 aromatic heterocycles. The lowest BCUT2D eigenvalue weighted by Gasteiger charge is -2.48. The lowest BCUT2D eigenvalue weighted by atomic mass is 9.55. The summed E-state index contributed by atoms with van der Waals surface area (Å²) in [6.45, 7) is 2.20. The molecule has 4 N–H and O–H groups in total. The van der Waals surface area contributed by atoms with Crippen LogP contribution in [0.15, 0.2) is 6.07 Å². The van der Waals surface area contributed by atoms with E-state index in [4.69, 9.17) is 16.2 Å². The standard InChI is InChI=1S/C19H26N2O2/c1-19-8-7-10-11(14(19)5-6-16(19)22)3-4-12-13(10)9-15(20)18(23-2)17(12)21/h9-11,14H,3-8,20-21H2,1-2H3. The van der Waals surface area contributed by atoms with Gasteiger partial charge in [-0.2, -0.15) is 0 Å². The van der Waals surface area contributed by atoms with E-state index in [9.17, 15) is 4.79 Å². The number of rotatable bonds is 1. The lowest BCUT2D eigenvalue weighted by Crippen LogP contribution is -2.42. The highest BCUT2D eigenvalue weighted by molar-refractivity contribution is 5.87. The van der Waals surface area contributed by atoms with E-state index in [1.54, 1.807) is 7.11 Å². The molecule has 4 rings (SSSR count). The molecule has 0 heterocycles. The van der Waals surface area contributed by atoms with Crippen molar-refractivity contribution in [1.29, 1.82) is 0 Å². The minimum atomic E-state index is -0.0811. The SMILES string of the molecule is COc1c(N)cc2c(c1N)CCC1C2CCC2(C)C(=O)CCC12. The highest BCUT2D eigenvalue weighted by Crippen LogP contribution is 2.60. The topological polar surface area (TPSA) is 78.3 Å². The number of Topliss-reactive ketones (excluding diaryl/α,β-unsaturated/α-hetero) is 1. The van der Waals surface area contributed by atoms with Crippen LogP contribution in [0.1, 0.15) is 56.1 Å². The van der Waals surface area contributed by atoms with Crippen LogP contribution in [0.5, 0.6) is 5.75 Å². The van der Waals surface area contributed by atoms with Crippen LogP contribution in [0, 0.1) is 17.3 Å². The molecule has 3 aliphatic carbocycles. The van der Waals surface area contributed by atoms with Crippen LogP contribution in [0.2, 0.25) is 0 Å². The van der Waals surface area contributed by atoms with Gasteiger partial charge < -0.3 is 16.2 Å². The first kappa shape index (κ1) is 14.9. The van der Waals surface area contributed by atoms with Crippen LogP contribution in [0.3, 0.4) is 0 Å². The third-order valence-electron chi connectivity index (χ3n) is 6.97. The van der Waals surface area contributed by atoms with Crippen LogP contribution >= 0.6 is 0 Å². The third-order valence-corrected chi connectivity index (χ3v) is 6.97. The molecule has 4 heteroatoms. The van der Waals surface area contributed by atoms with E-state index in [1.165, 1.54) is 11.1 Å². The van der Waals surface area contributed by atoms with Crippen molar-refractivity contribution < 1.29 is 9.53 Å². The van der Waals surface area contributed by atoms with Crippen molar-refractivity contribution in [1.82, 2.24) is 0 Å². The fraction of sp³-hybridized carbons (Fsp3) is 0.632. The Balaban J connectivity index is 1.77. The zero-order valence-corrected chi connectivity index (χ0v) is 14.0. The summed E-state index contributed by atoms with van der Waals surface area (Å²) in [7, 11) is 1.62. The fourth-order valence-corrected chi connectivity index (χ4v) is 5.76. The van der Waals surface area contributed by atoms with Crippen molar-refractivity contribution in [3.63, 3.8) is 0 Å². The van der Waals surface area contributed by atoms with Crippen molar-refractivity contribution in [2.45, 2.75) is 51.4 Å². The number of carbonyl (C=O) groups excluding carboxylic acids is 1. The lowest BCUT2D eigenvalue weighted by molar-refractivity contribution is -0.129. The van der Waals surface area contributed by atoms with Gasteiger partial charge in [0.2, 0.25) is 0 Å². The summed E-state index contributed by atoms with van der Waals surface area (Å²) in [4.78, 5) is 12.4. The molecule has 4 atom stereocenters. The summed E-state index contributed by atoms with van der Waals surface area (Å²) in [5.74, 6) is 2.74. The van der Waals surface area contributed by atoms with Gasteiger partial charge in [0.25, 0.3) is 0 Å². The molecule has 23 heavy (non-hydrogen) atoms. The van der Waals surface area contributed by atoms with Crippen molar-refractivity contribution in [3.05, 3.63) is 17.2 Å². The average molecular weight is 314 g/mol. The normalized spacial score (nSPS) is 35.4. The molecule has 4 unspecified atom stereocenters. The van der Waals surface area contributed by atoms with Gasteiger partial charge in [-0.15, -0.1) is 0 Å². The molecule has 2 fully saturated rings. The van der Waals surface area contributed by atoms with E-state index < -0.39 is 0 Å². The molecule has 2 saturated carbocycles. The van der Waals surface area contributed by atoms with Gasteiger partial charge in [0.05, 0.1) is 18.5 Å². The summed E-state index contributed by atoms with van der Waals surface area (Å²) >= 11 is 0. The Morgan fingerprint density at radius 3 is 2.74 bits per heavy atom. The predicted octanol–water partition coefficient (Wildman–Crippen LogP) is 3.28. The summed E-state index contributed by atoms with van der Waals surface area (Å²) in [5, 5.41) is 0. The number of anilines is 2. The van der Waals surface area contributed by atoms with E-state index in [0.717, 1.165) is 44.2 Å². The number of nitrogen functional groups attached to an aromatic ring is 2. The molecule has 124 valence electrons. The van der Waals surface area contributed by atoms with E-state index >= 15 is 0 Å². The first-order valence-electron chi connectivity index (χ1n) is 8.75. The molecule has 4 nitrogen and oxygen atoms in total. The Morgan fingerprint density at radius 2 is 2.00 bits per heavy atom. The van der Waals surface area contributed by atoms with Crippen molar-refractivity contribution in [2.24, 2.45) is 17.3 Å². The number of nitrogens with two attached hydrogens (primary N) is 2. The zero-order chi connectivity index (χ0) is 16.4. The molecule has 1 aromatic carbocycles. The number of carbonyl (C=O) groups is 1. The van der Waals surface area contributed by atoms with Gasteiger partial charge in [-0.05, 0) is 67.1 Å². The van der Waals surface area contributed by atoms with Gasteiger partial charge in [0, 0.05) is 11.8 Å². The van der Waals surface area contributed by atoms with Crippen molar-refractivity contribution in [3.8, 4) is 5.75 Å². The summed E-state index contributed by atoms with van der Waals surface area (Å²) in [5.41, 5.74) is 16.3. The Morgan fingerprint density at radius 1 is 1.22 bits per heavy atom. The van der Waals surface area contributed by atoms with E-state index in [-0.39, 0.29) is 5.41 Å². The molecule has 1 aromatic rings. The highest BCUT2D eigenvalue weighted by Gasteiger charge is 2.54. The number of ether oxygens (including phenoxy) is 1. The Hall–Kier alpha value is -1.71. The number of fused-ring (bicyclic) bond motifs is 5. The average Bonchev–Trinajstić information content (AvgIpc) is 2.83. The Bertz CT molecular complexity index is 684. The monoisotopic (exact) mass is 314 g/mol. The van der Waals surface area contributed by atoms with Gasteiger partial charge in [-0.1, -0.05) is 6.92 Å². The molecule has 0 radical (unpaired) electrons. The van der Waals surface area contributed by atoms with E-state index in [2.05, 4.69) is 13.0 Å². The predicted molar refractivity (Wildman–Crippen MR) is 91.4 cm³/mol. The molecular formula is C19H26N2O2.